The second-order valence-electron chi connectivity index (χ2n) is 6.88. The van der Waals surface area contributed by atoms with Crippen LogP contribution in [0.5, 0.6) is 0 Å². The van der Waals surface area contributed by atoms with Gasteiger partial charge in [0.1, 0.15) is 17.5 Å². The van der Waals surface area contributed by atoms with Gasteiger partial charge in [0, 0.05) is 18.1 Å². The highest BCUT2D eigenvalue weighted by Gasteiger charge is 2.41. The van der Waals surface area contributed by atoms with E-state index in [0.29, 0.717) is 0 Å². The third-order valence-corrected chi connectivity index (χ3v) is 6.84. The topological polar surface area (TPSA) is 69.2 Å². The first-order valence-electron chi connectivity index (χ1n) is 8.56. The van der Waals surface area contributed by atoms with E-state index in [2.05, 4.69) is 10.2 Å². The number of thioether (sulfide) groups is 1. The lowest BCUT2D eigenvalue weighted by molar-refractivity contribution is -0.162. The van der Waals surface area contributed by atoms with Gasteiger partial charge in [0.25, 0.3) is 0 Å². The number of nitrogens with zero attached hydrogens (tertiary/aromatic N) is 2. The molecule has 5 nitrogen and oxygen atoms in total. The second kappa shape index (κ2) is 7.88. The first-order valence-corrected chi connectivity index (χ1v) is 10.4. The number of benzene rings is 1. The van der Waals surface area contributed by atoms with Crippen LogP contribution in [0, 0.1) is 26.7 Å². The molecule has 2 aromatic rings. The summed E-state index contributed by atoms with van der Waals surface area (Å²) in [5.41, 5.74) is 5.56. The van der Waals surface area contributed by atoms with E-state index in [1.54, 1.807) is 17.3 Å². The zero-order chi connectivity index (χ0) is 18.8. The number of hydrogen-bond donors (Lipinski definition) is 0. The first kappa shape index (κ1) is 19.0. The molecule has 3 atom stereocenters. The van der Waals surface area contributed by atoms with Gasteiger partial charge in [-0.25, -0.2) is 0 Å². The van der Waals surface area contributed by atoms with Crippen LogP contribution >= 0.6 is 23.1 Å². The number of aromatic nitrogens is 2. The molecular formula is C19H22N2O3S2. The van der Waals surface area contributed by atoms with Crippen molar-refractivity contribution in [2.75, 3.05) is 5.75 Å². The molecule has 1 aliphatic rings. The molecule has 138 valence electrons. The van der Waals surface area contributed by atoms with Crippen LogP contribution in [-0.4, -0.2) is 33.8 Å². The van der Waals surface area contributed by atoms with Crippen LogP contribution in [-0.2, 0) is 14.3 Å². The number of rotatable bonds is 5. The van der Waals surface area contributed by atoms with Crippen molar-refractivity contribution in [3.63, 3.8) is 0 Å². The molecular weight excluding hydrogens is 368 g/mol. The average Bonchev–Trinajstić information content (AvgIpc) is 3.07. The predicted molar refractivity (Wildman–Crippen MR) is 103 cm³/mol. The van der Waals surface area contributed by atoms with Gasteiger partial charge in [-0.2, -0.15) is 0 Å². The van der Waals surface area contributed by atoms with Gasteiger partial charge in [0.05, 0.1) is 0 Å². The van der Waals surface area contributed by atoms with Crippen molar-refractivity contribution in [2.45, 2.75) is 50.5 Å². The van der Waals surface area contributed by atoms with Gasteiger partial charge in [0.15, 0.2) is 10.1 Å². The van der Waals surface area contributed by atoms with E-state index in [4.69, 9.17) is 4.74 Å². The number of cyclic esters (lactones) is 1. The highest BCUT2D eigenvalue weighted by Crippen LogP contribution is 2.35. The molecule has 1 saturated heterocycles. The van der Waals surface area contributed by atoms with Gasteiger partial charge in [0.2, 0.25) is 0 Å². The van der Waals surface area contributed by atoms with Crippen LogP contribution in [0.25, 0.3) is 0 Å². The van der Waals surface area contributed by atoms with E-state index in [1.165, 1.54) is 11.3 Å². The van der Waals surface area contributed by atoms with Crippen molar-refractivity contribution in [2.24, 2.45) is 5.92 Å². The van der Waals surface area contributed by atoms with Crippen LogP contribution in [0.15, 0.2) is 22.0 Å². The minimum atomic E-state index is -0.796. The maximum atomic E-state index is 12.8. The van der Waals surface area contributed by atoms with E-state index in [1.807, 2.05) is 39.8 Å². The lowest BCUT2D eigenvalue weighted by atomic mass is 9.82. The van der Waals surface area contributed by atoms with E-state index in [9.17, 15) is 9.59 Å². The molecule has 7 heteroatoms. The lowest BCUT2D eigenvalue weighted by Gasteiger charge is -2.32. The molecule has 1 aromatic heterocycles. The lowest BCUT2D eigenvalue weighted by Crippen LogP contribution is -2.41. The minimum Gasteiger partial charge on any atom is -0.461 e. The Kier molecular flexibility index (Phi) is 5.77. The summed E-state index contributed by atoms with van der Waals surface area (Å²) in [7, 11) is 0. The largest absolute Gasteiger partial charge is 0.461 e. The molecule has 3 rings (SSSR count). The molecule has 2 heterocycles. The molecule has 0 saturated carbocycles. The van der Waals surface area contributed by atoms with Gasteiger partial charge in [-0.1, -0.05) is 47.7 Å². The fourth-order valence-corrected chi connectivity index (χ4v) is 5.09. The normalized spacial score (nSPS) is 21.5. The van der Waals surface area contributed by atoms with Crippen LogP contribution < -0.4 is 0 Å². The molecule has 0 radical (unpaired) electrons. The number of hydrogen-bond acceptors (Lipinski definition) is 7. The molecule has 3 unspecified atom stereocenters. The molecule has 0 amide bonds. The molecule has 0 spiro atoms. The minimum absolute atomic E-state index is 0.0472. The number of ether oxygens (including phenoxy) is 1. The number of carbonyl (C=O) groups excluding carboxylic acids is 2. The first-order chi connectivity index (χ1) is 12.4. The summed E-state index contributed by atoms with van der Waals surface area (Å²) < 4.78 is 6.57. The van der Waals surface area contributed by atoms with Gasteiger partial charge < -0.3 is 4.74 Å². The van der Waals surface area contributed by atoms with Crippen molar-refractivity contribution in [1.82, 2.24) is 10.2 Å². The van der Waals surface area contributed by atoms with E-state index < -0.39 is 11.9 Å². The Morgan fingerprint density at radius 3 is 2.54 bits per heavy atom. The molecule has 0 bridgehead atoms. The molecule has 1 fully saturated rings. The summed E-state index contributed by atoms with van der Waals surface area (Å²) >= 11 is 3.06. The summed E-state index contributed by atoms with van der Waals surface area (Å²) in [4.78, 5) is 25.5. The zero-order valence-corrected chi connectivity index (χ0v) is 16.9. The smallest absolute Gasteiger partial charge is 0.321 e. The van der Waals surface area contributed by atoms with E-state index in [-0.39, 0.29) is 24.2 Å². The van der Waals surface area contributed by atoms with Gasteiger partial charge in [-0.15, -0.1) is 10.2 Å². The number of aryl methyl sites for hydroxylation is 3. The molecule has 1 aliphatic heterocycles. The Labute approximate surface area is 161 Å². The standard InChI is InChI=1S/C19H22N2O3S2/c1-10-5-11(2)16(12(3)6-10)17-14(22)7-15(24-18(17)23)13(4)8-25-19-21-20-9-26-19/h5-6,9,13,15,17H,7-8H2,1-4H3. The van der Waals surface area contributed by atoms with E-state index in [0.717, 1.165) is 32.3 Å². The molecule has 0 N–H and O–H groups in total. The van der Waals surface area contributed by atoms with Crippen molar-refractivity contribution < 1.29 is 14.3 Å². The van der Waals surface area contributed by atoms with Crippen LogP contribution in [0.3, 0.4) is 0 Å². The Hall–Kier alpha value is -1.73. The Morgan fingerprint density at radius 2 is 1.96 bits per heavy atom. The van der Waals surface area contributed by atoms with Crippen LogP contribution in [0.4, 0.5) is 0 Å². The van der Waals surface area contributed by atoms with Crippen LogP contribution in [0.1, 0.15) is 41.5 Å². The third kappa shape index (κ3) is 3.99. The summed E-state index contributed by atoms with van der Waals surface area (Å²) in [6.07, 6.45) is -0.112. The highest BCUT2D eigenvalue weighted by molar-refractivity contribution is 8.01. The van der Waals surface area contributed by atoms with Gasteiger partial charge in [-0.3, -0.25) is 9.59 Å². The highest BCUT2D eigenvalue weighted by atomic mass is 32.2. The van der Waals surface area contributed by atoms with Crippen molar-refractivity contribution in [3.05, 3.63) is 39.9 Å². The van der Waals surface area contributed by atoms with Crippen molar-refractivity contribution >= 4 is 34.9 Å². The number of ketones is 1. The zero-order valence-electron chi connectivity index (χ0n) is 15.3. The Balaban J connectivity index is 1.71. The van der Waals surface area contributed by atoms with Gasteiger partial charge >= 0.3 is 5.97 Å². The maximum Gasteiger partial charge on any atom is 0.321 e. The third-order valence-electron chi connectivity index (χ3n) is 4.70. The second-order valence-corrected chi connectivity index (χ2v) is 8.98. The van der Waals surface area contributed by atoms with E-state index >= 15 is 0 Å². The predicted octanol–water partition coefficient (Wildman–Crippen LogP) is 3.86. The fourth-order valence-electron chi connectivity index (χ4n) is 3.49. The average molecular weight is 391 g/mol. The summed E-state index contributed by atoms with van der Waals surface area (Å²) in [6.45, 7) is 7.91. The number of esters is 1. The summed E-state index contributed by atoms with van der Waals surface area (Å²) in [5, 5.41) is 7.81. The summed E-state index contributed by atoms with van der Waals surface area (Å²) in [5.74, 6) is -0.468. The fraction of sp³-hybridized carbons (Fsp3) is 0.474. The van der Waals surface area contributed by atoms with Gasteiger partial charge in [-0.05, 0) is 37.5 Å². The number of carbonyl (C=O) groups is 2. The Morgan fingerprint density at radius 1 is 1.27 bits per heavy atom. The summed E-state index contributed by atoms with van der Waals surface area (Å²) in [6, 6.07) is 4.02. The SMILES string of the molecule is Cc1cc(C)c(C2C(=O)CC(C(C)CSc3nncs3)OC2=O)c(C)c1. The van der Waals surface area contributed by atoms with Crippen LogP contribution in [0.2, 0.25) is 0 Å². The maximum absolute atomic E-state index is 12.8. The molecule has 26 heavy (non-hydrogen) atoms. The molecule has 0 aliphatic carbocycles. The van der Waals surface area contributed by atoms with Crippen molar-refractivity contribution in [1.29, 1.82) is 0 Å². The Bertz CT molecular complexity index is 779. The monoisotopic (exact) mass is 390 g/mol. The quantitative estimate of drug-likeness (QED) is 0.439. The number of Topliss-reactive ketones (excluding diaryl/α,β-unsaturated/α-hetero) is 1. The molecule has 1 aromatic carbocycles. The van der Waals surface area contributed by atoms with Crippen molar-refractivity contribution in [3.8, 4) is 0 Å².